The van der Waals surface area contributed by atoms with Gasteiger partial charge in [0.25, 0.3) is 0 Å². The highest BCUT2D eigenvalue weighted by Gasteiger charge is 2.33. The van der Waals surface area contributed by atoms with Gasteiger partial charge in [-0.15, -0.1) is 0 Å². The van der Waals surface area contributed by atoms with Gasteiger partial charge in [-0.25, -0.2) is 0 Å². The second-order valence-corrected chi connectivity index (χ2v) is 5.55. The van der Waals surface area contributed by atoms with Crippen molar-refractivity contribution in [3.63, 3.8) is 0 Å². The molecule has 2 aliphatic rings. The van der Waals surface area contributed by atoms with Crippen LogP contribution in [0.15, 0.2) is 0 Å². The third kappa shape index (κ3) is 2.54. The molecule has 0 heterocycles. The summed E-state index contributed by atoms with van der Waals surface area (Å²) in [6.07, 6.45) is 10.2. The Morgan fingerprint density at radius 3 is 2.47 bits per heavy atom. The Kier molecular flexibility index (Phi) is 3.68. The summed E-state index contributed by atoms with van der Waals surface area (Å²) in [5.74, 6) is 0. The predicted octanol–water partition coefficient (Wildman–Crippen LogP) is 2.46. The van der Waals surface area contributed by atoms with Gasteiger partial charge in [0.05, 0.1) is 6.10 Å². The van der Waals surface area contributed by atoms with Crippen LogP contribution >= 0.6 is 0 Å². The van der Waals surface area contributed by atoms with Crippen LogP contribution < -0.4 is 5.32 Å². The van der Waals surface area contributed by atoms with Crippen LogP contribution in [0.25, 0.3) is 0 Å². The van der Waals surface area contributed by atoms with E-state index in [4.69, 9.17) is 0 Å². The van der Waals surface area contributed by atoms with Crippen LogP contribution in [0.5, 0.6) is 0 Å². The summed E-state index contributed by atoms with van der Waals surface area (Å²) in [7, 11) is 0. The highest BCUT2D eigenvalue weighted by molar-refractivity contribution is 4.89. The van der Waals surface area contributed by atoms with E-state index in [2.05, 4.69) is 12.2 Å². The van der Waals surface area contributed by atoms with Gasteiger partial charge in [-0.3, -0.25) is 0 Å². The molecule has 0 aromatic rings. The minimum atomic E-state index is -0.0830. The van der Waals surface area contributed by atoms with E-state index in [9.17, 15) is 5.11 Å². The van der Waals surface area contributed by atoms with E-state index in [1.165, 1.54) is 44.9 Å². The molecule has 0 aliphatic heterocycles. The molecule has 15 heavy (non-hydrogen) atoms. The van der Waals surface area contributed by atoms with Gasteiger partial charge in [-0.1, -0.05) is 19.8 Å². The molecule has 0 radical (unpaired) electrons. The molecule has 0 aromatic carbocycles. The summed E-state index contributed by atoms with van der Waals surface area (Å²) in [5.41, 5.74) is 0.558. The Bertz CT molecular complexity index is 199. The standard InChI is InChI=1S/C13H25NO/c1-2-13(8-3-4-9-13)10-14-11-6-5-7-12(11)15/h11-12,14-15H,2-10H2,1H3/t11-,12-/m1/s1. The maximum Gasteiger partial charge on any atom is 0.0693 e. The van der Waals surface area contributed by atoms with Crippen molar-refractivity contribution in [2.24, 2.45) is 5.41 Å². The monoisotopic (exact) mass is 211 g/mol. The van der Waals surface area contributed by atoms with Gasteiger partial charge in [0.1, 0.15) is 0 Å². The fraction of sp³-hybridized carbons (Fsp3) is 1.00. The largest absolute Gasteiger partial charge is 0.392 e. The van der Waals surface area contributed by atoms with Gasteiger partial charge in [-0.2, -0.15) is 0 Å². The van der Waals surface area contributed by atoms with E-state index in [1.807, 2.05) is 0 Å². The first-order valence-electron chi connectivity index (χ1n) is 6.67. The van der Waals surface area contributed by atoms with Gasteiger partial charge < -0.3 is 10.4 Å². The molecule has 2 saturated carbocycles. The summed E-state index contributed by atoms with van der Waals surface area (Å²) in [5, 5.41) is 13.4. The zero-order chi connectivity index (χ0) is 10.7. The van der Waals surface area contributed by atoms with E-state index in [0.29, 0.717) is 11.5 Å². The Morgan fingerprint density at radius 2 is 1.93 bits per heavy atom. The molecule has 0 saturated heterocycles. The molecule has 2 nitrogen and oxygen atoms in total. The normalized spacial score (nSPS) is 34.8. The molecule has 0 spiro atoms. The van der Waals surface area contributed by atoms with E-state index in [1.54, 1.807) is 0 Å². The number of hydrogen-bond donors (Lipinski definition) is 2. The second-order valence-electron chi connectivity index (χ2n) is 5.55. The average molecular weight is 211 g/mol. The fourth-order valence-electron chi connectivity index (χ4n) is 3.31. The van der Waals surface area contributed by atoms with Gasteiger partial charge in [0, 0.05) is 12.6 Å². The Morgan fingerprint density at radius 1 is 1.20 bits per heavy atom. The van der Waals surface area contributed by atoms with E-state index in [-0.39, 0.29) is 6.10 Å². The summed E-state index contributed by atoms with van der Waals surface area (Å²) < 4.78 is 0. The molecule has 0 bridgehead atoms. The lowest BCUT2D eigenvalue weighted by Gasteiger charge is -2.30. The second kappa shape index (κ2) is 4.84. The highest BCUT2D eigenvalue weighted by atomic mass is 16.3. The first-order valence-corrected chi connectivity index (χ1v) is 6.67. The summed E-state index contributed by atoms with van der Waals surface area (Å²) in [6, 6.07) is 0.383. The van der Waals surface area contributed by atoms with Gasteiger partial charge in [0.15, 0.2) is 0 Å². The summed E-state index contributed by atoms with van der Waals surface area (Å²) >= 11 is 0. The first-order chi connectivity index (χ1) is 7.26. The van der Waals surface area contributed by atoms with Crippen molar-refractivity contribution in [1.82, 2.24) is 5.32 Å². The van der Waals surface area contributed by atoms with Crippen LogP contribution in [0.4, 0.5) is 0 Å². The Balaban J connectivity index is 1.80. The smallest absolute Gasteiger partial charge is 0.0693 e. The molecule has 0 amide bonds. The van der Waals surface area contributed by atoms with Crippen LogP contribution in [0, 0.1) is 5.41 Å². The SMILES string of the molecule is CCC1(CN[C@@H]2CCC[C@H]2O)CCCC1. The molecule has 88 valence electrons. The van der Waals surface area contributed by atoms with Crippen molar-refractivity contribution in [2.75, 3.05) is 6.54 Å². The van der Waals surface area contributed by atoms with Gasteiger partial charge >= 0.3 is 0 Å². The molecular weight excluding hydrogens is 186 g/mol. The highest BCUT2D eigenvalue weighted by Crippen LogP contribution is 2.40. The first kappa shape index (κ1) is 11.4. The average Bonchev–Trinajstić information content (AvgIpc) is 2.85. The maximum atomic E-state index is 9.76. The minimum absolute atomic E-state index is 0.0830. The van der Waals surface area contributed by atoms with Crippen LogP contribution in [0.2, 0.25) is 0 Å². The van der Waals surface area contributed by atoms with Crippen LogP contribution in [0.3, 0.4) is 0 Å². The van der Waals surface area contributed by atoms with Crippen molar-refractivity contribution in [3.8, 4) is 0 Å². The van der Waals surface area contributed by atoms with Gasteiger partial charge in [-0.05, 0) is 43.9 Å². The van der Waals surface area contributed by atoms with Crippen molar-refractivity contribution in [1.29, 1.82) is 0 Å². The van der Waals surface area contributed by atoms with Crippen LogP contribution in [0.1, 0.15) is 58.3 Å². The Labute approximate surface area is 93.5 Å². The van der Waals surface area contributed by atoms with Crippen molar-refractivity contribution in [3.05, 3.63) is 0 Å². The number of aliphatic hydroxyl groups excluding tert-OH is 1. The third-order valence-electron chi connectivity index (χ3n) is 4.63. The molecule has 2 atom stereocenters. The van der Waals surface area contributed by atoms with E-state index >= 15 is 0 Å². The molecule has 2 N–H and O–H groups in total. The molecule has 0 aromatic heterocycles. The third-order valence-corrected chi connectivity index (χ3v) is 4.63. The maximum absolute atomic E-state index is 9.76. The van der Waals surface area contributed by atoms with Crippen LogP contribution in [-0.2, 0) is 0 Å². The van der Waals surface area contributed by atoms with Crippen molar-refractivity contribution < 1.29 is 5.11 Å². The number of rotatable bonds is 4. The lowest BCUT2D eigenvalue weighted by Crippen LogP contribution is -2.42. The zero-order valence-corrected chi connectivity index (χ0v) is 9.97. The quantitative estimate of drug-likeness (QED) is 0.748. The summed E-state index contributed by atoms with van der Waals surface area (Å²) in [6.45, 7) is 3.45. The van der Waals surface area contributed by atoms with E-state index in [0.717, 1.165) is 13.0 Å². The van der Waals surface area contributed by atoms with Crippen LogP contribution in [-0.4, -0.2) is 23.8 Å². The molecule has 2 rings (SSSR count). The zero-order valence-electron chi connectivity index (χ0n) is 9.97. The lowest BCUT2D eigenvalue weighted by molar-refractivity contribution is 0.137. The number of nitrogens with one attached hydrogen (secondary N) is 1. The number of hydrogen-bond acceptors (Lipinski definition) is 2. The Hall–Kier alpha value is -0.0800. The van der Waals surface area contributed by atoms with Gasteiger partial charge in [0.2, 0.25) is 0 Å². The molecule has 0 unspecified atom stereocenters. The predicted molar refractivity (Wildman–Crippen MR) is 62.8 cm³/mol. The fourth-order valence-corrected chi connectivity index (χ4v) is 3.31. The van der Waals surface area contributed by atoms with E-state index < -0.39 is 0 Å². The summed E-state index contributed by atoms with van der Waals surface area (Å²) in [4.78, 5) is 0. The minimum Gasteiger partial charge on any atom is -0.392 e. The number of aliphatic hydroxyl groups is 1. The molecule has 2 fully saturated rings. The molecular formula is C13H25NO. The molecule has 2 heteroatoms. The topological polar surface area (TPSA) is 32.3 Å². The lowest BCUT2D eigenvalue weighted by atomic mass is 9.83. The van der Waals surface area contributed by atoms with Crippen molar-refractivity contribution in [2.45, 2.75) is 70.4 Å². The molecule has 2 aliphatic carbocycles. The van der Waals surface area contributed by atoms with Crippen molar-refractivity contribution >= 4 is 0 Å².